The van der Waals surface area contributed by atoms with Crippen LogP contribution in [0.5, 0.6) is 11.5 Å². The molecule has 0 heterocycles. The Balaban J connectivity index is 2.83. The molecule has 0 saturated heterocycles. The van der Waals surface area contributed by atoms with Crippen LogP contribution in [-0.2, 0) is 4.79 Å². The summed E-state index contributed by atoms with van der Waals surface area (Å²) in [7, 11) is 1.45. The Labute approximate surface area is 93.4 Å². The SMILES string of the molecule is COc1cc(/C=C/C(=O)CC#N)ccc1O. The van der Waals surface area contributed by atoms with E-state index >= 15 is 0 Å². The molecule has 0 aliphatic heterocycles. The lowest BCUT2D eigenvalue weighted by atomic mass is 10.1. The fourth-order valence-electron chi connectivity index (χ4n) is 1.12. The van der Waals surface area contributed by atoms with Crippen molar-refractivity contribution in [3.05, 3.63) is 29.8 Å². The van der Waals surface area contributed by atoms with Gasteiger partial charge in [0.05, 0.1) is 19.6 Å². The Morgan fingerprint density at radius 3 is 3.00 bits per heavy atom. The van der Waals surface area contributed by atoms with Crippen molar-refractivity contribution in [1.29, 1.82) is 5.26 Å². The monoisotopic (exact) mass is 217 g/mol. The number of hydrogen-bond acceptors (Lipinski definition) is 4. The Kier molecular flexibility index (Phi) is 4.10. The van der Waals surface area contributed by atoms with E-state index in [1.165, 1.54) is 19.3 Å². The third-order valence-corrected chi connectivity index (χ3v) is 1.92. The number of carbonyl (C=O) groups is 1. The molecule has 0 atom stereocenters. The normalized spacial score (nSPS) is 10.0. The molecule has 0 aliphatic rings. The second-order valence-electron chi connectivity index (χ2n) is 3.07. The van der Waals surface area contributed by atoms with Gasteiger partial charge in [-0.1, -0.05) is 12.1 Å². The molecule has 0 fully saturated rings. The molecule has 0 aliphatic carbocycles. The minimum Gasteiger partial charge on any atom is -0.504 e. The molecule has 0 amide bonds. The first-order chi connectivity index (χ1) is 7.67. The number of nitrogens with zero attached hydrogens (tertiary/aromatic N) is 1. The maximum Gasteiger partial charge on any atom is 0.169 e. The number of phenolic OH excluding ortho intramolecular Hbond substituents is 1. The van der Waals surface area contributed by atoms with Crippen LogP contribution >= 0.6 is 0 Å². The van der Waals surface area contributed by atoms with Crippen molar-refractivity contribution < 1.29 is 14.6 Å². The quantitative estimate of drug-likeness (QED) is 0.782. The predicted octanol–water partition coefficient (Wildman–Crippen LogP) is 1.90. The van der Waals surface area contributed by atoms with Gasteiger partial charge in [-0.3, -0.25) is 4.79 Å². The molecule has 0 spiro atoms. The van der Waals surface area contributed by atoms with E-state index in [4.69, 9.17) is 10.00 Å². The van der Waals surface area contributed by atoms with Crippen LogP contribution in [0.4, 0.5) is 0 Å². The van der Waals surface area contributed by atoms with E-state index in [1.54, 1.807) is 24.3 Å². The number of phenols is 1. The molecular formula is C12H11NO3. The van der Waals surface area contributed by atoms with Crippen molar-refractivity contribution in [2.24, 2.45) is 0 Å². The Hall–Kier alpha value is -2.28. The van der Waals surface area contributed by atoms with E-state index in [9.17, 15) is 9.90 Å². The standard InChI is InChI=1S/C12H11NO3/c1-16-12-8-9(3-5-11(12)15)2-4-10(14)6-7-13/h2-5,8,15H,6H2,1H3/b4-2+. The molecule has 0 aromatic heterocycles. The van der Waals surface area contributed by atoms with Crippen LogP contribution < -0.4 is 4.74 Å². The van der Waals surface area contributed by atoms with Gasteiger partial charge in [0.2, 0.25) is 0 Å². The summed E-state index contributed by atoms with van der Waals surface area (Å²) in [5.41, 5.74) is 0.723. The van der Waals surface area contributed by atoms with Gasteiger partial charge in [0.25, 0.3) is 0 Å². The maximum absolute atomic E-state index is 11.0. The number of hydrogen-bond donors (Lipinski definition) is 1. The van der Waals surface area contributed by atoms with Crippen LogP contribution in [-0.4, -0.2) is 18.0 Å². The highest BCUT2D eigenvalue weighted by atomic mass is 16.5. The zero-order chi connectivity index (χ0) is 12.0. The van der Waals surface area contributed by atoms with E-state index in [0.29, 0.717) is 5.75 Å². The van der Waals surface area contributed by atoms with Gasteiger partial charge in [-0.05, 0) is 23.8 Å². The molecule has 0 saturated carbocycles. The summed E-state index contributed by atoms with van der Waals surface area (Å²) in [4.78, 5) is 11.0. The van der Waals surface area contributed by atoms with Crippen molar-refractivity contribution in [3.8, 4) is 17.6 Å². The molecule has 16 heavy (non-hydrogen) atoms. The lowest BCUT2D eigenvalue weighted by Gasteiger charge is -2.03. The summed E-state index contributed by atoms with van der Waals surface area (Å²) in [6.07, 6.45) is 2.77. The largest absolute Gasteiger partial charge is 0.504 e. The van der Waals surface area contributed by atoms with Crippen molar-refractivity contribution in [1.82, 2.24) is 0 Å². The number of carbonyl (C=O) groups excluding carboxylic acids is 1. The van der Waals surface area contributed by atoms with Gasteiger partial charge in [0, 0.05) is 0 Å². The van der Waals surface area contributed by atoms with E-state index in [2.05, 4.69) is 0 Å². The first-order valence-electron chi connectivity index (χ1n) is 4.62. The first kappa shape index (κ1) is 11.8. The number of ketones is 1. The fraction of sp³-hybridized carbons (Fsp3) is 0.167. The Morgan fingerprint density at radius 2 is 2.38 bits per heavy atom. The van der Waals surface area contributed by atoms with Crippen LogP contribution in [0.3, 0.4) is 0 Å². The number of ether oxygens (including phenoxy) is 1. The lowest BCUT2D eigenvalue weighted by molar-refractivity contribution is -0.113. The number of benzene rings is 1. The summed E-state index contributed by atoms with van der Waals surface area (Å²) < 4.78 is 4.92. The minimum atomic E-state index is -0.255. The topological polar surface area (TPSA) is 70.3 Å². The lowest BCUT2D eigenvalue weighted by Crippen LogP contribution is -1.89. The molecule has 1 aromatic carbocycles. The number of methoxy groups -OCH3 is 1. The molecule has 1 N–H and O–H groups in total. The van der Waals surface area contributed by atoms with Gasteiger partial charge in [0.1, 0.15) is 0 Å². The minimum absolute atomic E-state index is 0.0444. The zero-order valence-corrected chi connectivity index (χ0v) is 8.80. The first-order valence-corrected chi connectivity index (χ1v) is 4.62. The van der Waals surface area contributed by atoms with Crippen LogP contribution in [0.25, 0.3) is 6.08 Å². The van der Waals surface area contributed by atoms with E-state index < -0.39 is 0 Å². The molecule has 82 valence electrons. The molecule has 4 nitrogen and oxygen atoms in total. The highest BCUT2D eigenvalue weighted by Gasteiger charge is 2.01. The van der Waals surface area contributed by atoms with Crippen molar-refractivity contribution in [2.75, 3.05) is 7.11 Å². The number of allylic oxidation sites excluding steroid dienone is 1. The number of rotatable bonds is 4. The summed E-state index contributed by atoms with van der Waals surface area (Å²) in [6, 6.07) is 6.50. The van der Waals surface area contributed by atoms with Gasteiger partial charge < -0.3 is 9.84 Å². The second-order valence-corrected chi connectivity index (χ2v) is 3.07. The average Bonchev–Trinajstić information content (AvgIpc) is 2.28. The molecule has 0 bridgehead atoms. The highest BCUT2D eigenvalue weighted by Crippen LogP contribution is 2.26. The third-order valence-electron chi connectivity index (χ3n) is 1.92. The van der Waals surface area contributed by atoms with Gasteiger partial charge in [-0.15, -0.1) is 0 Å². The molecular weight excluding hydrogens is 206 g/mol. The van der Waals surface area contributed by atoms with E-state index in [1.807, 2.05) is 0 Å². The maximum atomic E-state index is 11.0. The summed E-state index contributed by atoms with van der Waals surface area (Å²) in [5.74, 6) is 0.132. The van der Waals surface area contributed by atoms with Gasteiger partial charge in [-0.25, -0.2) is 0 Å². The Morgan fingerprint density at radius 1 is 1.62 bits per heavy atom. The molecule has 0 unspecified atom stereocenters. The molecule has 0 radical (unpaired) electrons. The van der Waals surface area contributed by atoms with Crippen molar-refractivity contribution in [3.63, 3.8) is 0 Å². The zero-order valence-electron chi connectivity index (χ0n) is 8.80. The summed E-state index contributed by atoms with van der Waals surface area (Å²) in [5, 5.41) is 17.6. The number of nitriles is 1. The molecule has 4 heteroatoms. The van der Waals surface area contributed by atoms with E-state index in [0.717, 1.165) is 5.56 Å². The van der Waals surface area contributed by atoms with Gasteiger partial charge >= 0.3 is 0 Å². The van der Waals surface area contributed by atoms with Crippen molar-refractivity contribution in [2.45, 2.75) is 6.42 Å². The predicted molar refractivity (Wildman–Crippen MR) is 58.9 cm³/mol. The van der Waals surface area contributed by atoms with Crippen LogP contribution in [0, 0.1) is 11.3 Å². The summed E-state index contributed by atoms with van der Waals surface area (Å²) in [6.45, 7) is 0. The van der Waals surface area contributed by atoms with Crippen LogP contribution in [0.2, 0.25) is 0 Å². The highest BCUT2D eigenvalue weighted by molar-refractivity contribution is 5.94. The fourth-order valence-corrected chi connectivity index (χ4v) is 1.12. The second kappa shape index (κ2) is 5.56. The Bertz CT molecular complexity index is 458. The van der Waals surface area contributed by atoms with Crippen molar-refractivity contribution >= 4 is 11.9 Å². The van der Waals surface area contributed by atoms with Gasteiger partial charge in [-0.2, -0.15) is 5.26 Å². The average molecular weight is 217 g/mol. The summed E-state index contributed by atoms with van der Waals surface area (Å²) >= 11 is 0. The molecule has 1 aromatic rings. The number of aromatic hydroxyl groups is 1. The van der Waals surface area contributed by atoms with Gasteiger partial charge in [0.15, 0.2) is 17.3 Å². The van der Waals surface area contributed by atoms with Crippen LogP contribution in [0.15, 0.2) is 24.3 Å². The third kappa shape index (κ3) is 3.14. The van der Waals surface area contributed by atoms with Crippen LogP contribution in [0.1, 0.15) is 12.0 Å². The smallest absolute Gasteiger partial charge is 0.169 e. The van der Waals surface area contributed by atoms with E-state index in [-0.39, 0.29) is 18.0 Å². The molecule has 1 rings (SSSR count).